The van der Waals surface area contributed by atoms with E-state index in [4.69, 9.17) is 0 Å². The average Bonchev–Trinajstić information content (AvgIpc) is 2.72. The van der Waals surface area contributed by atoms with Gasteiger partial charge in [-0.15, -0.1) is 11.3 Å². The number of amides is 1. The van der Waals surface area contributed by atoms with E-state index in [1.807, 2.05) is 4.90 Å². The summed E-state index contributed by atoms with van der Waals surface area (Å²) in [4.78, 5) is 17.7. The first kappa shape index (κ1) is 9.15. The van der Waals surface area contributed by atoms with Crippen molar-refractivity contribution in [2.75, 3.05) is 13.1 Å². The minimum Gasteiger partial charge on any atom is -0.337 e. The van der Waals surface area contributed by atoms with E-state index in [1.54, 1.807) is 5.51 Å². The van der Waals surface area contributed by atoms with Gasteiger partial charge in [0.25, 0.3) is 5.91 Å². The van der Waals surface area contributed by atoms with Crippen molar-refractivity contribution >= 4 is 33.2 Å². The number of thiazole rings is 1. The number of aromatic nitrogens is 1. The lowest BCUT2D eigenvalue weighted by molar-refractivity contribution is 0.0787. The van der Waals surface area contributed by atoms with Crippen molar-refractivity contribution in [2.45, 2.75) is 12.8 Å². The Bertz CT molecular complexity index is 320. The molecule has 5 heteroatoms. The van der Waals surface area contributed by atoms with Crippen molar-refractivity contribution in [2.24, 2.45) is 0 Å². The normalized spacial score (nSPS) is 16.5. The Kier molecular flexibility index (Phi) is 2.64. The third kappa shape index (κ3) is 1.76. The van der Waals surface area contributed by atoms with E-state index in [0.29, 0.717) is 5.69 Å². The van der Waals surface area contributed by atoms with E-state index >= 15 is 0 Å². The molecule has 13 heavy (non-hydrogen) atoms. The van der Waals surface area contributed by atoms with Gasteiger partial charge in [-0.25, -0.2) is 4.98 Å². The Balaban J connectivity index is 2.17. The maximum absolute atomic E-state index is 11.8. The second-order valence-electron chi connectivity index (χ2n) is 2.97. The van der Waals surface area contributed by atoms with Crippen molar-refractivity contribution in [3.63, 3.8) is 0 Å². The smallest absolute Gasteiger partial charge is 0.274 e. The van der Waals surface area contributed by atoms with Gasteiger partial charge in [-0.1, -0.05) is 0 Å². The fraction of sp³-hybridized carbons (Fsp3) is 0.500. The molecule has 0 radical (unpaired) electrons. The molecule has 1 aliphatic heterocycles. The van der Waals surface area contributed by atoms with Crippen LogP contribution < -0.4 is 0 Å². The van der Waals surface area contributed by atoms with Gasteiger partial charge in [0.1, 0.15) is 3.79 Å². The molecule has 1 aromatic rings. The molecule has 2 heterocycles. The zero-order valence-corrected chi connectivity index (χ0v) is 9.40. The van der Waals surface area contributed by atoms with Gasteiger partial charge in [-0.2, -0.15) is 0 Å². The first-order valence-corrected chi connectivity index (χ1v) is 5.84. The molecule has 3 nitrogen and oxygen atoms in total. The minimum absolute atomic E-state index is 0.0608. The first-order chi connectivity index (χ1) is 6.29. The number of carbonyl (C=O) groups is 1. The van der Waals surface area contributed by atoms with Crippen molar-refractivity contribution in [3.05, 3.63) is 15.0 Å². The van der Waals surface area contributed by atoms with E-state index < -0.39 is 0 Å². The number of halogens is 1. The molecule has 0 atom stereocenters. The molecule has 1 amide bonds. The monoisotopic (exact) mass is 260 g/mol. The Morgan fingerprint density at radius 1 is 1.54 bits per heavy atom. The fourth-order valence-electron chi connectivity index (χ4n) is 1.44. The van der Waals surface area contributed by atoms with Crippen molar-refractivity contribution in [1.29, 1.82) is 0 Å². The highest BCUT2D eigenvalue weighted by molar-refractivity contribution is 9.11. The van der Waals surface area contributed by atoms with Crippen molar-refractivity contribution in [3.8, 4) is 0 Å². The lowest BCUT2D eigenvalue weighted by atomic mass is 10.4. The van der Waals surface area contributed by atoms with Gasteiger partial charge >= 0.3 is 0 Å². The van der Waals surface area contributed by atoms with Crippen LogP contribution in [-0.4, -0.2) is 28.9 Å². The summed E-state index contributed by atoms with van der Waals surface area (Å²) in [6, 6.07) is 0. The molecule has 0 saturated carbocycles. The summed E-state index contributed by atoms with van der Waals surface area (Å²) >= 11 is 4.77. The summed E-state index contributed by atoms with van der Waals surface area (Å²) in [6.45, 7) is 1.76. The number of likely N-dealkylation sites (tertiary alicyclic amines) is 1. The Hall–Kier alpha value is -0.420. The van der Waals surface area contributed by atoms with Crippen LogP contribution in [0.25, 0.3) is 0 Å². The van der Waals surface area contributed by atoms with Gasteiger partial charge in [0.15, 0.2) is 5.69 Å². The lowest BCUT2D eigenvalue weighted by Crippen LogP contribution is -2.28. The summed E-state index contributed by atoms with van der Waals surface area (Å²) in [5, 5.41) is 0. The molecule has 0 aromatic carbocycles. The highest BCUT2D eigenvalue weighted by Gasteiger charge is 2.22. The molecule has 1 saturated heterocycles. The maximum Gasteiger partial charge on any atom is 0.274 e. The van der Waals surface area contributed by atoms with Crippen LogP contribution in [0.1, 0.15) is 23.3 Å². The summed E-state index contributed by atoms with van der Waals surface area (Å²) in [5.41, 5.74) is 2.25. The zero-order chi connectivity index (χ0) is 9.26. The van der Waals surface area contributed by atoms with Crippen LogP contribution in [0.3, 0.4) is 0 Å². The van der Waals surface area contributed by atoms with Crippen LogP contribution in [0.4, 0.5) is 0 Å². The highest BCUT2D eigenvalue weighted by Crippen LogP contribution is 2.23. The zero-order valence-electron chi connectivity index (χ0n) is 6.99. The van der Waals surface area contributed by atoms with Gasteiger partial charge in [-0.3, -0.25) is 4.79 Å². The number of rotatable bonds is 1. The molecule has 1 aromatic heterocycles. The number of nitrogens with zero attached hydrogens (tertiary/aromatic N) is 2. The lowest BCUT2D eigenvalue weighted by Gasteiger charge is -2.13. The van der Waals surface area contributed by atoms with Gasteiger partial charge < -0.3 is 4.90 Å². The van der Waals surface area contributed by atoms with Gasteiger partial charge in [0.2, 0.25) is 0 Å². The molecule has 2 rings (SSSR count). The molecule has 0 N–H and O–H groups in total. The third-order valence-electron chi connectivity index (χ3n) is 2.12. The summed E-state index contributed by atoms with van der Waals surface area (Å²) in [7, 11) is 0. The number of carbonyl (C=O) groups excluding carboxylic acids is 1. The first-order valence-electron chi connectivity index (χ1n) is 4.17. The van der Waals surface area contributed by atoms with Gasteiger partial charge in [-0.05, 0) is 28.8 Å². The van der Waals surface area contributed by atoms with Gasteiger partial charge in [0.05, 0.1) is 5.51 Å². The SMILES string of the molecule is O=C(c1ncsc1Br)N1CCCC1. The molecule has 0 aliphatic carbocycles. The molecular weight excluding hydrogens is 252 g/mol. The van der Waals surface area contributed by atoms with Crippen LogP contribution in [0.2, 0.25) is 0 Å². The van der Waals surface area contributed by atoms with Crippen LogP contribution in [0.5, 0.6) is 0 Å². The van der Waals surface area contributed by atoms with E-state index in [1.165, 1.54) is 11.3 Å². The van der Waals surface area contributed by atoms with Crippen LogP contribution in [0, 0.1) is 0 Å². The second kappa shape index (κ2) is 3.75. The topological polar surface area (TPSA) is 33.2 Å². The molecule has 0 bridgehead atoms. The summed E-state index contributed by atoms with van der Waals surface area (Å²) in [5.74, 6) is 0.0608. The van der Waals surface area contributed by atoms with E-state index in [0.717, 1.165) is 29.7 Å². The fourth-order valence-corrected chi connectivity index (χ4v) is 2.47. The molecule has 0 spiro atoms. The van der Waals surface area contributed by atoms with Crippen LogP contribution in [0.15, 0.2) is 9.30 Å². The molecular formula is C8H9BrN2OS. The maximum atomic E-state index is 11.8. The largest absolute Gasteiger partial charge is 0.337 e. The predicted molar refractivity (Wildman–Crippen MR) is 55.0 cm³/mol. The van der Waals surface area contributed by atoms with Crippen LogP contribution >= 0.6 is 27.3 Å². The van der Waals surface area contributed by atoms with Gasteiger partial charge in [0, 0.05) is 13.1 Å². The molecule has 70 valence electrons. The minimum atomic E-state index is 0.0608. The molecule has 1 fully saturated rings. The third-order valence-corrected chi connectivity index (χ3v) is 3.67. The Morgan fingerprint density at radius 3 is 2.77 bits per heavy atom. The van der Waals surface area contributed by atoms with E-state index in [2.05, 4.69) is 20.9 Å². The van der Waals surface area contributed by atoms with Crippen molar-refractivity contribution in [1.82, 2.24) is 9.88 Å². The Labute approximate surface area is 88.9 Å². The summed E-state index contributed by atoms with van der Waals surface area (Å²) in [6.07, 6.45) is 2.24. The van der Waals surface area contributed by atoms with Crippen LogP contribution in [-0.2, 0) is 0 Å². The molecule has 1 aliphatic rings. The standard InChI is InChI=1S/C8H9BrN2OS/c9-7-6(10-5-13-7)8(12)11-3-1-2-4-11/h5H,1-4H2. The van der Waals surface area contributed by atoms with E-state index in [-0.39, 0.29) is 5.91 Å². The number of hydrogen-bond donors (Lipinski definition) is 0. The second-order valence-corrected chi connectivity index (χ2v) is 5.15. The Morgan fingerprint density at radius 2 is 2.23 bits per heavy atom. The summed E-state index contributed by atoms with van der Waals surface area (Å²) < 4.78 is 0.837. The molecule has 0 unspecified atom stereocenters. The average molecular weight is 261 g/mol. The van der Waals surface area contributed by atoms with Crippen molar-refractivity contribution < 1.29 is 4.79 Å². The highest BCUT2D eigenvalue weighted by atomic mass is 79.9. The quantitative estimate of drug-likeness (QED) is 0.776. The predicted octanol–water partition coefficient (Wildman–Crippen LogP) is 2.14. The van der Waals surface area contributed by atoms with E-state index in [9.17, 15) is 4.79 Å². The number of hydrogen-bond acceptors (Lipinski definition) is 3.